The highest BCUT2D eigenvalue weighted by atomic mass is 32.1. The average molecular weight is 276 g/mol. The van der Waals surface area contributed by atoms with Crippen LogP contribution < -0.4 is 11.1 Å². The lowest BCUT2D eigenvalue weighted by Crippen LogP contribution is -2.30. The highest BCUT2D eigenvalue weighted by Gasteiger charge is 2.11. The summed E-state index contributed by atoms with van der Waals surface area (Å²) in [6, 6.07) is 6.90. The van der Waals surface area contributed by atoms with E-state index in [4.69, 9.17) is 5.73 Å². The molecule has 2 amide bonds. The van der Waals surface area contributed by atoms with Crippen LogP contribution in [-0.2, 0) is 6.54 Å². The molecule has 0 bridgehead atoms. The van der Waals surface area contributed by atoms with Gasteiger partial charge >= 0.3 is 6.03 Å². The van der Waals surface area contributed by atoms with E-state index in [1.165, 1.54) is 0 Å². The number of nitrogens with two attached hydrogens (primary N) is 1. The summed E-state index contributed by atoms with van der Waals surface area (Å²) in [4.78, 5) is 18.9. The van der Waals surface area contributed by atoms with Crippen LogP contribution in [0.4, 0.5) is 16.2 Å². The Labute approximate surface area is 116 Å². The third-order valence-corrected chi connectivity index (χ3v) is 3.65. The number of nitrogens with one attached hydrogen (secondary N) is 1. The molecule has 0 fully saturated rings. The molecule has 0 unspecified atom stereocenters. The van der Waals surface area contributed by atoms with Crippen LogP contribution in [-0.4, -0.2) is 23.0 Å². The van der Waals surface area contributed by atoms with E-state index in [2.05, 4.69) is 10.3 Å². The summed E-state index contributed by atoms with van der Waals surface area (Å²) < 4.78 is 0. The van der Waals surface area contributed by atoms with E-state index < -0.39 is 0 Å². The van der Waals surface area contributed by atoms with E-state index in [1.54, 1.807) is 53.1 Å². The third-order valence-electron chi connectivity index (χ3n) is 2.73. The van der Waals surface area contributed by atoms with Crippen molar-refractivity contribution in [2.75, 3.05) is 18.1 Å². The molecule has 6 heteroatoms. The van der Waals surface area contributed by atoms with E-state index in [0.29, 0.717) is 12.2 Å². The number of amides is 2. The van der Waals surface area contributed by atoms with Gasteiger partial charge in [-0.1, -0.05) is 0 Å². The molecule has 0 aliphatic rings. The standard InChI is InChI=1S/C13H16N4OS/c1-9-12(19-8-15-9)7-17(2)13(18)16-11-5-3-10(14)4-6-11/h3-6,8H,7,14H2,1-2H3,(H,16,18). The lowest BCUT2D eigenvalue weighted by atomic mass is 10.3. The quantitative estimate of drug-likeness (QED) is 0.847. The summed E-state index contributed by atoms with van der Waals surface area (Å²) in [6.45, 7) is 2.49. The van der Waals surface area contributed by atoms with Crippen molar-refractivity contribution < 1.29 is 4.79 Å². The summed E-state index contributed by atoms with van der Waals surface area (Å²) >= 11 is 1.55. The van der Waals surface area contributed by atoms with Crippen molar-refractivity contribution in [3.8, 4) is 0 Å². The van der Waals surface area contributed by atoms with E-state index in [9.17, 15) is 4.79 Å². The molecule has 100 valence electrons. The molecule has 1 heterocycles. The van der Waals surface area contributed by atoms with Crippen molar-refractivity contribution in [3.63, 3.8) is 0 Å². The van der Waals surface area contributed by atoms with Gasteiger partial charge < -0.3 is 16.0 Å². The Morgan fingerprint density at radius 1 is 1.42 bits per heavy atom. The molecule has 5 nitrogen and oxygen atoms in total. The zero-order valence-electron chi connectivity index (χ0n) is 10.9. The molecule has 1 aromatic carbocycles. The Bertz CT molecular complexity index is 564. The fourth-order valence-corrected chi connectivity index (χ4v) is 2.38. The van der Waals surface area contributed by atoms with E-state index in [0.717, 1.165) is 16.3 Å². The lowest BCUT2D eigenvalue weighted by molar-refractivity contribution is 0.221. The van der Waals surface area contributed by atoms with Crippen molar-refractivity contribution in [3.05, 3.63) is 40.3 Å². The molecule has 2 rings (SSSR count). The molecule has 0 radical (unpaired) electrons. The number of aryl methyl sites for hydroxylation is 1. The van der Waals surface area contributed by atoms with Gasteiger partial charge in [-0.3, -0.25) is 0 Å². The second-order valence-corrected chi connectivity index (χ2v) is 5.21. The molecule has 3 N–H and O–H groups in total. The van der Waals surface area contributed by atoms with Crippen LogP contribution in [0.15, 0.2) is 29.8 Å². The Morgan fingerprint density at radius 2 is 2.11 bits per heavy atom. The molecule has 0 saturated carbocycles. The van der Waals surface area contributed by atoms with Crippen LogP contribution >= 0.6 is 11.3 Å². The second-order valence-electron chi connectivity index (χ2n) is 4.27. The Hall–Kier alpha value is -2.08. The van der Waals surface area contributed by atoms with E-state index >= 15 is 0 Å². The van der Waals surface area contributed by atoms with Crippen LogP contribution in [0.3, 0.4) is 0 Å². The minimum absolute atomic E-state index is 0.155. The largest absolute Gasteiger partial charge is 0.399 e. The SMILES string of the molecule is Cc1ncsc1CN(C)C(=O)Nc1ccc(N)cc1. The van der Waals surface area contributed by atoms with Gasteiger partial charge in [0.1, 0.15) is 0 Å². The van der Waals surface area contributed by atoms with Crippen LogP contribution in [0.5, 0.6) is 0 Å². The van der Waals surface area contributed by atoms with E-state index in [1.807, 2.05) is 6.92 Å². The highest BCUT2D eigenvalue weighted by Crippen LogP contribution is 2.15. The number of benzene rings is 1. The summed E-state index contributed by atoms with van der Waals surface area (Å²) in [7, 11) is 1.76. The summed E-state index contributed by atoms with van der Waals surface area (Å²) in [5.74, 6) is 0. The normalized spacial score (nSPS) is 10.2. The fraction of sp³-hybridized carbons (Fsp3) is 0.231. The summed E-state index contributed by atoms with van der Waals surface area (Å²) in [6.07, 6.45) is 0. The first-order valence-electron chi connectivity index (χ1n) is 5.83. The van der Waals surface area contributed by atoms with Crippen LogP contribution in [0.25, 0.3) is 0 Å². The van der Waals surface area contributed by atoms with Crippen molar-refractivity contribution in [2.45, 2.75) is 13.5 Å². The Morgan fingerprint density at radius 3 is 2.68 bits per heavy atom. The molecular weight excluding hydrogens is 260 g/mol. The van der Waals surface area contributed by atoms with Gasteiger partial charge in [0.25, 0.3) is 0 Å². The zero-order chi connectivity index (χ0) is 13.8. The number of urea groups is 1. The van der Waals surface area contributed by atoms with Crippen LogP contribution in [0, 0.1) is 6.92 Å². The van der Waals surface area contributed by atoms with Gasteiger partial charge in [-0.25, -0.2) is 9.78 Å². The summed E-state index contributed by atoms with van der Waals surface area (Å²) in [5.41, 5.74) is 9.75. The smallest absolute Gasteiger partial charge is 0.321 e. The van der Waals surface area contributed by atoms with Crippen LogP contribution in [0.1, 0.15) is 10.6 Å². The van der Waals surface area contributed by atoms with Crippen molar-refractivity contribution in [2.24, 2.45) is 0 Å². The monoisotopic (exact) mass is 276 g/mol. The third kappa shape index (κ3) is 3.45. The highest BCUT2D eigenvalue weighted by molar-refractivity contribution is 7.09. The van der Waals surface area contributed by atoms with Gasteiger partial charge in [0.2, 0.25) is 0 Å². The number of anilines is 2. The van der Waals surface area contributed by atoms with Crippen molar-refractivity contribution in [1.82, 2.24) is 9.88 Å². The van der Waals surface area contributed by atoms with Gasteiger partial charge in [-0.2, -0.15) is 0 Å². The number of nitrogens with zero attached hydrogens (tertiary/aromatic N) is 2. The molecule has 0 aliphatic carbocycles. The van der Waals surface area contributed by atoms with Gasteiger partial charge in [-0.05, 0) is 31.2 Å². The van der Waals surface area contributed by atoms with Gasteiger partial charge in [0.15, 0.2) is 0 Å². The van der Waals surface area contributed by atoms with Crippen molar-refractivity contribution >= 4 is 28.7 Å². The van der Waals surface area contributed by atoms with Crippen molar-refractivity contribution in [1.29, 1.82) is 0 Å². The van der Waals surface area contributed by atoms with Gasteiger partial charge in [0, 0.05) is 23.3 Å². The first-order valence-corrected chi connectivity index (χ1v) is 6.71. The first kappa shape index (κ1) is 13.4. The lowest BCUT2D eigenvalue weighted by Gasteiger charge is -2.17. The fourth-order valence-electron chi connectivity index (χ4n) is 1.55. The predicted octanol–water partition coefficient (Wildman–Crippen LogP) is 2.70. The van der Waals surface area contributed by atoms with Crippen LogP contribution in [0.2, 0.25) is 0 Å². The number of rotatable bonds is 3. The summed E-state index contributed by atoms with van der Waals surface area (Å²) in [5, 5.41) is 2.82. The maximum Gasteiger partial charge on any atom is 0.321 e. The molecule has 2 aromatic rings. The number of hydrogen-bond donors (Lipinski definition) is 2. The minimum atomic E-state index is -0.155. The molecule has 0 aliphatic heterocycles. The number of carbonyl (C=O) groups is 1. The number of thiazole rings is 1. The molecule has 0 spiro atoms. The topological polar surface area (TPSA) is 71.2 Å². The van der Waals surface area contributed by atoms with Gasteiger partial charge in [-0.15, -0.1) is 11.3 Å². The molecule has 0 atom stereocenters. The second kappa shape index (κ2) is 5.71. The molecule has 0 saturated heterocycles. The Kier molecular flexibility index (Phi) is 4.01. The molecule has 1 aromatic heterocycles. The van der Waals surface area contributed by atoms with E-state index in [-0.39, 0.29) is 6.03 Å². The predicted molar refractivity (Wildman–Crippen MR) is 78.2 cm³/mol. The number of nitrogen functional groups attached to an aromatic ring is 1. The maximum absolute atomic E-state index is 12.0. The maximum atomic E-state index is 12.0. The molecular formula is C13H16N4OS. The zero-order valence-corrected chi connectivity index (χ0v) is 11.7. The number of carbonyl (C=O) groups excluding carboxylic acids is 1. The number of hydrogen-bond acceptors (Lipinski definition) is 4. The minimum Gasteiger partial charge on any atom is -0.399 e. The first-order chi connectivity index (χ1) is 9.06. The number of aromatic nitrogens is 1. The Balaban J connectivity index is 1.96. The molecule has 19 heavy (non-hydrogen) atoms. The van der Waals surface area contributed by atoms with Gasteiger partial charge in [0.05, 0.1) is 17.7 Å². The average Bonchev–Trinajstić information content (AvgIpc) is 2.78.